The molecule has 210 valence electrons. The lowest BCUT2D eigenvalue weighted by molar-refractivity contribution is 0.0548. The summed E-state index contributed by atoms with van der Waals surface area (Å²) in [5.74, 6) is -2.03. The molecule has 2 aromatic heterocycles. The second-order valence-electron chi connectivity index (χ2n) is 9.45. The van der Waals surface area contributed by atoms with E-state index in [2.05, 4.69) is 27.3 Å². The lowest BCUT2D eigenvalue weighted by Gasteiger charge is -2.16. The van der Waals surface area contributed by atoms with Crippen LogP contribution in [0, 0.1) is 12.7 Å². The summed E-state index contributed by atoms with van der Waals surface area (Å²) < 4.78 is 19.9. The summed E-state index contributed by atoms with van der Waals surface area (Å²) in [5.41, 5.74) is 3.98. The van der Waals surface area contributed by atoms with E-state index >= 15 is 0 Å². The second kappa shape index (κ2) is 11.7. The Bertz CT molecular complexity index is 1720. The Balaban J connectivity index is 1.37. The second-order valence-corrected chi connectivity index (χ2v) is 10.2. The molecule has 0 fully saturated rings. The number of amides is 2. The van der Waals surface area contributed by atoms with Crippen molar-refractivity contribution in [1.82, 2.24) is 25.2 Å². The third kappa shape index (κ3) is 5.79. The summed E-state index contributed by atoms with van der Waals surface area (Å²) >= 11 is 11.9. The number of carbonyl (C=O) groups is 3. The van der Waals surface area contributed by atoms with E-state index in [1.54, 1.807) is 6.07 Å². The molecule has 2 heterocycles. The summed E-state index contributed by atoms with van der Waals surface area (Å²) in [6, 6.07) is 10.1. The molecule has 2 aromatic carbocycles. The van der Waals surface area contributed by atoms with E-state index in [-0.39, 0.29) is 46.4 Å². The Morgan fingerprint density at radius 2 is 1.98 bits per heavy atom. The van der Waals surface area contributed by atoms with Crippen molar-refractivity contribution in [2.75, 3.05) is 6.61 Å². The average Bonchev–Trinajstić information content (AvgIpc) is 3.54. The quantitative estimate of drug-likeness (QED) is 0.214. The molecule has 2 N–H and O–H groups in total. The molecular formula is C29H24Cl2FN5O4. The highest BCUT2D eigenvalue weighted by atomic mass is 35.5. The molecule has 0 radical (unpaired) electrons. The molecule has 0 aliphatic heterocycles. The molecular weight excluding hydrogens is 572 g/mol. The number of nitrogens with zero attached hydrogens (tertiary/aromatic N) is 3. The fourth-order valence-corrected chi connectivity index (χ4v) is 5.22. The number of fused-ring (bicyclic) bond motifs is 2. The van der Waals surface area contributed by atoms with Gasteiger partial charge in [-0.15, -0.1) is 0 Å². The highest BCUT2D eigenvalue weighted by Gasteiger charge is 2.29. The summed E-state index contributed by atoms with van der Waals surface area (Å²) in [6.07, 6.45) is 2.79. The largest absolute Gasteiger partial charge is 0.458 e. The zero-order valence-electron chi connectivity index (χ0n) is 21.8. The van der Waals surface area contributed by atoms with Crippen LogP contribution in [0.5, 0.6) is 0 Å². The Morgan fingerprint density at radius 1 is 1.17 bits per heavy atom. The van der Waals surface area contributed by atoms with Gasteiger partial charge in [0.25, 0.3) is 11.8 Å². The van der Waals surface area contributed by atoms with Gasteiger partial charge in [0.15, 0.2) is 10.8 Å². The van der Waals surface area contributed by atoms with E-state index in [1.165, 1.54) is 40.9 Å². The van der Waals surface area contributed by atoms with Crippen LogP contribution in [0.1, 0.15) is 66.1 Å². The molecule has 0 bridgehead atoms. The number of hydrogen-bond acceptors (Lipinski definition) is 6. The van der Waals surface area contributed by atoms with Crippen LogP contribution in [0.3, 0.4) is 0 Å². The van der Waals surface area contributed by atoms with Crippen LogP contribution in [0.25, 0.3) is 5.65 Å². The maximum atomic E-state index is 13.5. The number of hydrogen-bond donors (Lipinski definition) is 2. The Kier molecular flexibility index (Phi) is 8.05. The van der Waals surface area contributed by atoms with E-state index in [1.807, 2.05) is 13.0 Å². The van der Waals surface area contributed by atoms with Gasteiger partial charge in [-0.3, -0.25) is 9.59 Å². The summed E-state index contributed by atoms with van der Waals surface area (Å²) in [6.45, 7) is 5.60. The Labute approximate surface area is 244 Å². The predicted molar refractivity (Wildman–Crippen MR) is 151 cm³/mol. The minimum Gasteiger partial charge on any atom is -0.458 e. The number of ether oxygens (including phenoxy) is 1. The van der Waals surface area contributed by atoms with E-state index in [4.69, 9.17) is 27.9 Å². The first-order valence-corrected chi connectivity index (χ1v) is 13.4. The maximum Gasteiger partial charge on any atom is 0.338 e. The number of rotatable bonds is 8. The van der Waals surface area contributed by atoms with Gasteiger partial charge in [-0.1, -0.05) is 48.0 Å². The van der Waals surface area contributed by atoms with Crippen molar-refractivity contribution < 1.29 is 23.5 Å². The number of carbonyl (C=O) groups excluding carboxylic acids is 3. The molecule has 0 unspecified atom stereocenters. The van der Waals surface area contributed by atoms with Crippen LogP contribution < -0.4 is 10.6 Å². The van der Waals surface area contributed by atoms with E-state index < -0.39 is 23.6 Å². The van der Waals surface area contributed by atoms with Crippen LogP contribution >= 0.6 is 23.2 Å². The van der Waals surface area contributed by atoms with E-state index in [0.717, 1.165) is 16.7 Å². The maximum absolute atomic E-state index is 13.5. The van der Waals surface area contributed by atoms with Crippen LogP contribution in [0.4, 0.5) is 4.39 Å². The molecule has 4 aromatic rings. The van der Waals surface area contributed by atoms with Gasteiger partial charge in [0, 0.05) is 18.7 Å². The van der Waals surface area contributed by atoms with E-state index in [0.29, 0.717) is 24.0 Å². The van der Waals surface area contributed by atoms with E-state index in [9.17, 15) is 18.8 Å². The van der Waals surface area contributed by atoms with Crippen molar-refractivity contribution in [3.63, 3.8) is 0 Å². The van der Waals surface area contributed by atoms with Crippen molar-refractivity contribution in [1.29, 1.82) is 0 Å². The minimum atomic E-state index is -0.561. The molecule has 0 spiro atoms. The Morgan fingerprint density at radius 3 is 2.73 bits per heavy atom. The SMILES string of the molecule is C=CCOC(=O)c1ccc2c(c1C)CC[C@@H]2NC(=O)c1cc(C(=O)NCc2ccc(F)c(Cl)c2)nc2cc(Cl)nn12. The van der Waals surface area contributed by atoms with Gasteiger partial charge < -0.3 is 15.4 Å². The van der Waals surface area contributed by atoms with Crippen LogP contribution in [0.15, 0.2) is 55.1 Å². The highest BCUT2D eigenvalue weighted by Crippen LogP contribution is 2.35. The predicted octanol–water partition coefficient (Wildman–Crippen LogP) is 5.17. The minimum absolute atomic E-state index is 0.0298. The fourth-order valence-electron chi connectivity index (χ4n) is 4.84. The molecule has 1 atom stereocenters. The molecule has 5 rings (SSSR count). The zero-order valence-corrected chi connectivity index (χ0v) is 23.4. The monoisotopic (exact) mass is 595 g/mol. The highest BCUT2D eigenvalue weighted by molar-refractivity contribution is 6.30. The van der Waals surface area contributed by atoms with Gasteiger partial charge in [0.2, 0.25) is 0 Å². The third-order valence-corrected chi connectivity index (χ3v) is 7.32. The number of nitrogens with one attached hydrogen (secondary N) is 2. The fraction of sp³-hybridized carbons (Fsp3) is 0.207. The molecule has 0 saturated carbocycles. The first-order valence-electron chi connectivity index (χ1n) is 12.7. The summed E-state index contributed by atoms with van der Waals surface area (Å²) in [5, 5.41) is 9.91. The summed E-state index contributed by atoms with van der Waals surface area (Å²) in [7, 11) is 0. The molecule has 1 aliphatic rings. The first kappa shape index (κ1) is 28.3. The standard InChI is InChI=1S/C29H24Cl2FN5O4/c1-3-10-41-29(40)18-5-6-19-17(15(18)2)7-9-22(19)35-28(39)24-12-23(34-26-13-25(31)36-37(24)26)27(38)33-14-16-4-8-21(32)20(30)11-16/h3-6,8,11-13,22H,1,7,9-10,14H2,2H3,(H,33,38)(H,35,39)/t22-/m0/s1. The van der Waals surface area contributed by atoms with Crippen LogP contribution in [-0.2, 0) is 17.7 Å². The van der Waals surface area contributed by atoms with Crippen molar-refractivity contribution in [2.24, 2.45) is 0 Å². The van der Waals surface area contributed by atoms with Gasteiger partial charge in [0.05, 0.1) is 16.6 Å². The van der Waals surface area contributed by atoms with Gasteiger partial charge in [-0.2, -0.15) is 5.10 Å². The molecule has 0 saturated heterocycles. The van der Waals surface area contributed by atoms with Crippen molar-refractivity contribution in [3.05, 3.63) is 110 Å². The number of esters is 1. The number of aromatic nitrogens is 3. The van der Waals surface area contributed by atoms with Gasteiger partial charge in [-0.25, -0.2) is 18.7 Å². The molecule has 1 aliphatic carbocycles. The van der Waals surface area contributed by atoms with Crippen molar-refractivity contribution in [2.45, 2.75) is 32.4 Å². The van der Waals surface area contributed by atoms with Gasteiger partial charge in [-0.05, 0) is 60.2 Å². The van der Waals surface area contributed by atoms with Crippen molar-refractivity contribution >= 4 is 46.6 Å². The smallest absolute Gasteiger partial charge is 0.338 e. The van der Waals surface area contributed by atoms with Crippen LogP contribution in [-0.4, -0.2) is 39.0 Å². The number of halogens is 3. The van der Waals surface area contributed by atoms with Crippen LogP contribution in [0.2, 0.25) is 10.2 Å². The lowest BCUT2D eigenvalue weighted by atomic mass is 9.98. The molecule has 12 heteroatoms. The lowest BCUT2D eigenvalue weighted by Crippen LogP contribution is -2.30. The zero-order chi connectivity index (χ0) is 29.3. The summed E-state index contributed by atoms with van der Waals surface area (Å²) in [4.78, 5) is 43.2. The third-order valence-electron chi connectivity index (χ3n) is 6.85. The molecule has 41 heavy (non-hydrogen) atoms. The number of benzene rings is 2. The van der Waals surface area contributed by atoms with Gasteiger partial charge >= 0.3 is 5.97 Å². The topological polar surface area (TPSA) is 115 Å². The molecule has 2 amide bonds. The van der Waals surface area contributed by atoms with Gasteiger partial charge in [0.1, 0.15) is 23.8 Å². The average molecular weight is 596 g/mol. The normalized spacial score (nSPS) is 14.0. The molecule has 9 nitrogen and oxygen atoms in total. The Hall–Kier alpha value is -4.28. The van der Waals surface area contributed by atoms with Crippen molar-refractivity contribution in [3.8, 4) is 0 Å². The first-order chi connectivity index (χ1) is 19.7.